The Kier molecular flexibility index (Phi) is 2.88. The van der Waals surface area contributed by atoms with Crippen LogP contribution in [0.2, 0.25) is 0 Å². The van der Waals surface area contributed by atoms with E-state index in [9.17, 15) is 13.2 Å². The summed E-state index contributed by atoms with van der Waals surface area (Å²) in [6, 6.07) is 3.70. The minimum Gasteiger partial charge on any atom is -0.382 e. The first kappa shape index (κ1) is 11.4. The summed E-state index contributed by atoms with van der Waals surface area (Å²) in [5.74, 6) is 4.76. The van der Waals surface area contributed by atoms with Crippen LogP contribution in [0.1, 0.15) is 16.7 Å². The van der Waals surface area contributed by atoms with Crippen LogP contribution in [-0.4, -0.2) is 5.84 Å². The van der Waals surface area contributed by atoms with Crippen molar-refractivity contribution in [1.82, 2.24) is 0 Å². The van der Waals surface area contributed by atoms with Gasteiger partial charge in [0.2, 0.25) is 0 Å². The number of nitrogens with zero attached hydrogens (tertiary/aromatic N) is 1. The van der Waals surface area contributed by atoms with Crippen molar-refractivity contribution < 1.29 is 13.2 Å². The first-order valence-electron chi connectivity index (χ1n) is 4.08. The lowest BCUT2D eigenvalue weighted by molar-refractivity contribution is -0.138. The SMILES string of the molecule is Cc1ccc(/C(N)=N/N)cc1C(F)(F)F. The fourth-order valence-corrected chi connectivity index (χ4v) is 1.16. The monoisotopic (exact) mass is 217 g/mol. The summed E-state index contributed by atoms with van der Waals surface area (Å²) in [6.07, 6.45) is -4.39. The zero-order chi connectivity index (χ0) is 11.6. The molecule has 0 atom stereocenters. The van der Waals surface area contributed by atoms with Gasteiger partial charge in [0, 0.05) is 5.56 Å². The minimum atomic E-state index is -4.39. The van der Waals surface area contributed by atoms with Crippen molar-refractivity contribution in [2.75, 3.05) is 0 Å². The Labute approximate surface area is 84.6 Å². The van der Waals surface area contributed by atoms with Crippen molar-refractivity contribution >= 4 is 5.84 Å². The number of benzene rings is 1. The van der Waals surface area contributed by atoms with Crippen LogP contribution < -0.4 is 11.6 Å². The summed E-state index contributed by atoms with van der Waals surface area (Å²) in [4.78, 5) is 0. The molecule has 0 unspecified atom stereocenters. The van der Waals surface area contributed by atoms with Crippen LogP contribution in [0.25, 0.3) is 0 Å². The van der Waals surface area contributed by atoms with Crippen LogP contribution in [0.3, 0.4) is 0 Å². The van der Waals surface area contributed by atoms with Gasteiger partial charge < -0.3 is 11.6 Å². The number of alkyl halides is 3. The first-order chi connectivity index (χ1) is 6.86. The van der Waals surface area contributed by atoms with Gasteiger partial charge in [0.05, 0.1) is 5.56 Å². The summed E-state index contributed by atoms with van der Waals surface area (Å²) in [5.41, 5.74) is 4.88. The number of hydrazone groups is 1. The maximum Gasteiger partial charge on any atom is 0.416 e. The molecule has 0 bridgehead atoms. The molecule has 1 aromatic rings. The maximum absolute atomic E-state index is 12.5. The Hall–Kier alpha value is -1.72. The van der Waals surface area contributed by atoms with Crippen LogP contribution in [0.4, 0.5) is 13.2 Å². The fourth-order valence-electron chi connectivity index (χ4n) is 1.16. The van der Waals surface area contributed by atoms with E-state index >= 15 is 0 Å². The third-order valence-corrected chi connectivity index (χ3v) is 1.98. The molecule has 6 heteroatoms. The van der Waals surface area contributed by atoms with Gasteiger partial charge in [-0.1, -0.05) is 12.1 Å². The van der Waals surface area contributed by atoms with Crippen LogP contribution in [0.15, 0.2) is 23.3 Å². The summed E-state index contributed by atoms with van der Waals surface area (Å²) in [5, 5.41) is 3.14. The molecule has 0 aliphatic heterocycles. The third kappa shape index (κ3) is 2.39. The smallest absolute Gasteiger partial charge is 0.382 e. The van der Waals surface area contributed by atoms with Crippen molar-refractivity contribution in [2.24, 2.45) is 16.7 Å². The fraction of sp³-hybridized carbons (Fsp3) is 0.222. The second-order valence-electron chi connectivity index (χ2n) is 3.04. The van der Waals surface area contributed by atoms with E-state index in [0.717, 1.165) is 6.07 Å². The minimum absolute atomic E-state index is 0.125. The van der Waals surface area contributed by atoms with Crippen LogP contribution in [0, 0.1) is 6.92 Å². The van der Waals surface area contributed by atoms with E-state index in [0.29, 0.717) is 0 Å². The predicted octanol–water partition coefficient (Wildman–Crippen LogP) is 1.59. The number of rotatable bonds is 1. The lowest BCUT2D eigenvalue weighted by Crippen LogP contribution is -2.17. The molecule has 0 aliphatic rings. The number of aryl methyl sites for hydroxylation is 1. The molecular weight excluding hydrogens is 207 g/mol. The summed E-state index contributed by atoms with van der Waals surface area (Å²) in [7, 11) is 0. The zero-order valence-electron chi connectivity index (χ0n) is 7.97. The van der Waals surface area contributed by atoms with Crippen molar-refractivity contribution in [3.05, 3.63) is 34.9 Å². The number of amidine groups is 1. The third-order valence-electron chi connectivity index (χ3n) is 1.98. The second-order valence-corrected chi connectivity index (χ2v) is 3.04. The highest BCUT2D eigenvalue weighted by molar-refractivity contribution is 5.97. The Balaban J connectivity index is 3.29. The molecule has 0 fully saturated rings. The molecule has 0 amide bonds. The van der Waals surface area contributed by atoms with E-state index in [-0.39, 0.29) is 17.0 Å². The highest BCUT2D eigenvalue weighted by Gasteiger charge is 2.32. The molecule has 0 heterocycles. The molecule has 15 heavy (non-hydrogen) atoms. The molecule has 0 spiro atoms. The largest absolute Gasteiger partial charge is 0.416 e. The van der Waals surface area contributed by atoms with Gasteiger partial charge >= 0.3 is 6.18 Å². The van der Waals surface area contributed by atoms with E-state index in [1.54, 1.807) is 0 Å². The van der Waals surface area contributed by atoms with E-state index in [1.807, 2.05) is 0 Å². The Morgan fingerprint density at radius 2 is 1.93 bits per heavy atom. The molecule has 0 saturated carbocycles. The lowest BCUT2D eigenvalue weighted by Gasteiger charge is -2.11. The molecule has 82 valence electrons. The molecular formula is C9H10F3N3. The van der Waals surface area contributed by atoms with Gasteiger partial charge in [0.15, 0.2) is 0 Å². The van der Waals surface area contributed by atoms with E-state index < -0.39 is 11.7 Å². The number of hydrogen-bond acceptors (Lipinski definition) is 2. The highest BCUT2D eigenvalue weighted by atomic mass is 19.4. The summed E-state index contributed by atoms with van der Waals surface area (Å²) in [6.45, 7) is 1.38. The normalized spacial score (nSPS) is 12.9. The van der Waals surface area contributed by atoms with Gasteiger partial charge in [-0.15, -0.1) is 0 Å². The zero-order valence-corrected chi connectivity index (χ0v) is 7.97. The molecule has 1 rings (SSSR count). The van der Waals surface area contributed by atoms with Crippen molar-refractivity contribution in [3.8, 4) is 0 Å². The molecule has 1 aromatic carbocycles. The average molecular weight is 217 g/mol. The van der Waals surface area contributed by atoms with Gasteiger partial charge in [-0.2, -0.15) is 18.3 Å². The van der Waals surface area contributed by atoms with Crippen LogP contribution >= 0.6 is 0 Å². The van der Waals surface area contributed by atoms with Crippen molar-refractivity contribution in [3.63, 3.8) is 0 Å². The highest BCUT2D eigenvalue weighted by Crippen LogP contribution is 2.32. The topological polar surface area (TPSA) is 64.4 Å². The first-order valence-corrected chi connectivity index (χ1v) is 4.08. The van der Waals surface area contributed by atoms with E-state index in [1.165, 1.54) is 19.1 Å². The Bertz CT molecular complexity index is 396. The second kappa shape index (κ2) is 3.80. The summed E-state index contributed by atoms with van der Waals surface area (Å²) >= 11 is 0. The van der Waals surface area contributed by atoms with Gasteiger partial charge in [-0.25, -0.2) is 0 Å². The number of hydrogen-bond donors (Lipinski definition) is 2. The number of nitrogens with two attached hydrogens (primary N) is 2. The Morgan fingerprint density at radius 1 is 1.33 bits per heavy atom. The Morgan fingerprint density at radius 3 is 2.40 bits per heavy atom. The lowest BCUT2D eigenvalue weighted by atomic mass is 10.0. The van der Waals surface area contributed by atoms with E-state index in [4.69, 9.17) is 11.6 Å². The summed E-state index contributed by atoms with van der Waals surface area (Å²) < 4.78 is 37.5. The van der Waals surface area contributed by atoms with Crippen LogP contribution in [-0.2, 0) is 6.18 Å². The van der Waals surface area contributed by atoms with Gasteiger partial charge in [-0.05, 0) is 18.6 Å². The molecule has 4 N–H and O–H groups in total. The van der Waals surface area contributed by atoms with E-state index in [2.05, 4.69) is 5.10 Å². The maximum atomic E-state index is 12.5. The van der Waals surface area contributed by atoms with Gasteiger partial charge in [0.1, 0.15) is 5.84 Å². The average Bonchev–Trinajstić information content (AvgIpc) is 2.15. The predicted molar refractivity (Wildman–Crippen MR) is 51.1 cm³/mol. The van der Waals surface area contributed by atoms with Crippen molar-refractivity contribution in [1.29, 1.82) is 0 Å². The molecule has 0 saturated heterocycles. The van der Waals surface area contributed by atoms with Gasteiger partial charge in [0.25, 0.3) is 0 Å². The molecule has 3 nitrogen and oxygen atoms in total. The quantitative estimate of drug-likeness (QED) is 0.325. The van der Waals surface area contributed by atoms with Crippen molar-refractivity contribution in [2.45, 2.75) is 13.1 Å². The molecule has 0 aliphatic carbocycles. The number of halogens is 3. The van der Waals surface area contributed by atoms with Gasteiger partial charge in [-0.3, -0.25) is 0 Å². The molecule has 0 aromatic heterocycles. The molecule has 0 radical (unpaired) electrons. The standard InChI is InChI=1S/C9H10F3N3/c1-5-2-3-6(8(13)15-14)4-7(5)9(10,11)12/h2-4H,14H2,1H3,(H2,13,15). The van der Waals surface area contributed by atoms with Crippen LogP contribution in [0.5, 0.6) is 0 Å².